The predicted octanol–water partition coefficient (Wildman–Crippen LogP) is 2.76. The number of methoxy groups -OCH3 is 1. The summed E-state index contributed by atoms with van der Waals surface area (Å²) in [6.07, 6.45) is 6.24. The highest BCUT2D eigenvalue weighted by Gasteiger charge is 2.39. The Hall–Kier alpha value is -0.900. The Balaban J connectivity index is 1.70. The fraction of sp³-hybridized carbons (Fsp3) is 0.667. The van der Waals surface area contributed by atoms with Crippen molar-refractivity contribution in [3.05, 3.63) is 35.9 Å². The summed E-state index contributed by atoms with van der Waals surface area (Å²) in [7, 11) is 1.79. The van der Waals surface area contributed by atoms with Crippen LogP contribution in [0, 0.1) is 0 Å². The fourth-order valence-corrected chi connectivity index (χ4v) is 3.80. The molecule has 0 spiro atoms. The standard InChI is InChI=1S/C18H28N2O/c1-21-12-11-20(16-8-9-16)18-13-15(7-10-17(18)19)14-5-3-2-4-6-14/h2-6,15-18H,7-13,19H2,1H3. The number of hydrogen-bond acceptors (Lipinski definition) is 3. The largest absolute Gasteiger partial charge is 0.383 e. The first kappa shape index (κ1) is 15.0. The van der Waals surface area contributed by atoms with Crippen LogP contribution in [0.1, 0.15) is 43.6 Å². The zero-order valence-electron chi connectivity index (χ0n) is 13.1. The summed E-state index contributed by atoms with van der Waals surface area (Å²) in [6.45, 7) is 1.84. The van der Waals surface area contributed by atoms with Crippen molar-refractivity contribution in [1.82, 2.24) is 4.90 Å². The first-order valence-corrected chi connectivity index (χ1v) is 8.35. The Morgan fingerprint density at radius 2 is 1.90 bits per heavy atom. The molecule has 1 aromatic rings. The first-order valence-electron chi connectivity index (χ1n) is 8.35. The highest BCUT2D eigenvalue weighted by molar-refractivity contribution is 5.21. The Morgan fingerprint density at radius 1 is 1.14 bits per heavy atom. The van der Waals surface area contributed by atoms with Crippen molar-refractivity contribution in [1.29, 1.82) is 0 Å². The average molecular weight is 288 g/mol. The molecule has 0 radical (unpaired) electrons. The van der Waals surface area contributed by atoms with Crippen LogP contribution in [0.15, 0.2) is 30.3 Å². The second-order valence-corrected chi connectivity index (χ2v) is 6.61. The smallest absolute Gasteiger partial charge is 0.0589 e. The van der Waals surface area contributed by atoms with Crippen LogP contribution >= 0.6 is 0 Å². The van der Waals surface area contributed by atoms with Gasteiger partial charge in [-0.1, -0.05) is 30.3 Å². The van der Waals surface area contributed by atoms with Crippen LogP contribution in [0.25, 0.3) is 0 Å². The highest BCUT2D eigenvalue weighted by Crippen LogP contribution is 2.38. The maximum absolute atomic E-state index is 6.48. The van der Waals surface area contributed by atoms with Crippen molar-refractivity contribution >= 4 is 0 Å². The quantitative estimate of drug-likeness (QED) is 0.875. The Kier molecular flexibility index (Phi) is 4.94. The first-order chi connectivity index (χ1) is 10.3. The van der Waals surface area contributed by atoms with E-state index in [-0.39, 0.29) is 0 Å². The van der Waals surface area contributed by atoms with Gasteiger partial charge in [0.25, 0.3) is 0 Å². The molecule has 3 atom stereocenters. The summed E-state index contributed by atoms with van der Waals surface area (Å²) in [5.74, 6) is 0.666. The van der Waals surface area contributed by atoms with Gasteiger partial charge >= 0.3 is 0 Å². The third kappa shape index (κ3) is 3.65. The average Bonchev–Trinajstić information content (AvgIpc) is 3.35. The van der Waals surface area contributed by atoms with Crippen molar-refractivity contribution in [3.63, 3.8) is 0 Å². The minimum Gasteiger partial charge on any atom is -0.383 e. The minimum atomic E-state index is 0.322. The SMILES string of the molecule is COCCN(C1CC1)C1CC(c2ccccc2)CCC1N. The molecule has 3 rings (SSSR count). The van der Waals surface area contributed by atoms with Crippen molar-refractivity contribution < 1.29 is 4.74 Å². The topological polar surface area (TPSA) is 38.5 Å². The van der Waals surface area contributed by atoms with E-state index >= 15 is 0 Å². The molecule has 0 heterocycles. The lowest BCUT2D eigenvalue weighted by molar-refractivity contribution is 0.0809. The van der Waals surface area contributed by atoms with E-state index in [4.69, 9.17) is 10.5 Å². The molecule has 2 N–H and O–H groups in total. The molecule has 3 unspecified atom stereocenters. The van der Waals surface area contributed by atoms with Gasteiger partial charge < -0.3 is 10.5 Å². The molecular formula is C18H28N2O. The van der Waals surface area contributed by atoms with Gasteiger partial charge in [-0.05, 0) is 43.6 Å². The van der Waals surface area contributed by atoms with E-state index in [0.29, 0.717) is 18.0 Å². The molecule has 1 aromatic carbocycles. The van der Waals surface area contributed by atoms with Crippen LogP contribution < -0.4 is 5.73 Å². The second-order valence-electron chi connectivity index (χ2n) is 6.61. The van der Waals surface area contributed by atoms with Crippen molar-refractivity contribution in [2.45, 2.75) is 56.1 Å². The van der Waals surface area contributed by atoms with Gasteiger partial charge in [-0.3, -0.25) is 4.90 Å². The van der Waals surface area contributed by atoms with E-state index in [1.807, 2.05) is 0 Å². The Morgan fingerprint density at radius 3 is 2.57 bits per heavy atom. The third-order valence-corrected chi connectivity index (χ3v) is 5.14. The molecule has 0 aromatic heterocycles. The summed E-state index contributed by atoms with van der Waals surface area (Å²) < 4.78 is 5.31. The van der Waals surface area contributed by atoms with Crippen molar-refractivity contribution in [2.75, 3.05) is 20.3 Å². The molecule has 0 amide bonds. The van der Waals surface area contributed by atoms with E-state index < -0.39 is 0 Å². The van der Waals surface area contributed by atoms with E-state index in [0.717, 1.165) is 25.6 Å². The maximum Gasteiger partial charge on any atom is 0.0589 e. The van der Waals surface area contributed by atoms with Gasteiger partial charge in [0, 0.05) is 31.8 Å². The molecule has 2 fully saturated rings. The summed E-state index contributed by atoms with van der Waals surface area (Å²) in [6, 6.07) is 12.6. The van der Waals surface area contributed by atoms with Crippen LogP contribution in [0.2, 0.25) is 0 Å². The van der Waals surface area contributed by atoms with E-state index in [1.165, 1.54) is 31.2 Å². The van der Waals surface area contributed by atoms with Gasteiger partial charge in [0.1, 0.15) is 0 Å². The molecule has 21 heavy (non-hydrogen) atoms. The van der Waals surface area contributed by atoms with Crippen molar-refractivity contribution in [2.24, 2.45) is 5.73 Å². The monoisotopic (exact) mass is 288 g/mol. The van der Waals surface area contributed by atoms with Gasteiger partial charge in [-0.2, -0.15) is 0 Å². The number of nitrogens with two attached hydrogens (primary N) is 1. The van der Waals surface area contributed by atoms with Gasteiger partial charge in [-0.15, -0.1) is 0 Å². The van der Waals surface area contributed by atoms with Crippen LogP contribution in [0.5, 0.6) is 0 Å². The molecular weight excluding hydrogens is 260 g/mol. The predicted molar refractivity (Wildman–Crippen MR) is 86.4 cm³/mol. The lowest BCUT2D eigenvalue weighted by Crippen LogP contribution is -2.52. The van der Waals surface area contributed by atoms with Crippen LogP contribution in [-0.4, -0.2) is 43.3 Å². The summed E-state index contributed by atoms with van der Waals surface area (Å²) in [5.41, 5.74) is 7.96. The zero-order valence-corrected chi connectivity index (χ0v) is 13.1. The van der Waals surface area contributed by atoms with Gasteiger partial charge in [0.2, 0.25) is 0 Å². The molecule has 2 saturated carbocycles. The third-order valence-electron chi connectivity index (χ3n) is 5.14. The second kappa shape index (κ2) is 6.91. The van der Waals surface area contributed by atoms with E-state index in [2.05, 4.69) is 35.2 Å². The van der Waals surface area contributed by atoms with E-state index in [1.54, 1.807) is 7.11 Å². The minimum absolute atomic E-state index is 0.322. The van der Waals surface area contributed by atoms with E-state index in [9.17, 15) is 0 Å². The number of rotatable bonds is 6. The number of nitrogens with zero attached hydrogens (tertiary/aromatic N) is 1. The maximum atomic E-state index is 6.48. The van der Waals surface area contributed by atoms with Crippen LogP contribution in [0.4, 0.5) is 0 Å². The normalized spacial score (nSPS) is 29.8. The molecule has 116 valence electrons. The fourth-order valence-electron chi connectivity index (χ4n) is 3.80. The van der Waals surface area contributed by atoms with Gasteiger partial charge in [-0.25, -0.2) is 0 Å². The molecule has 2 aliphatic carbocycles. The zero-order chi connectivity index (χ0) is 14.7. The van der Waals surface area contributed by atoms with Gasteiger partial charge in [0.05, 0.1) is 6.61 Å². The summed E-state index contributed by atoms with van der Waals surface area (Å²) in [5, 5.41) is 0. The van der Waals surface area contributed by atoms with Gasteiger partial charge in [0.15, 0.2) is 0 Å². The van der Waals surface area contributed by atoms with Crippen LogP contribution in [-0.2, 0) is 4.74 Å². The Bertz CT molecular complexity index is 432. The molecule has 0 aliphatic heterocycles. The van der Waals surface area contributed by atoms with Crippen LogP contribution in [0.3, 0.4) is 0 Å². The molecule has 3 heteroatoms. The molecule has 2 aliphatic rings. The molecule has 3 nitrogen and oxygen atoms in total. The highest BCUT2D eigenvalue weighted by atomic mass is 16.5. The Labute approximate surface area is 128 Å². The lowest BCUT2D eigenvalue weighted by Gasteiger charge is -2.41. The lowest BCUT2D eigenvalue weighted by atomic mass is 9.78. The molecule has 0 bridgehead atoms. The summed E-state index contributed by atoms with van der Waals surface area (Å²) >= 11 is 0. The van der Waals surface area contributed by atoms with Crippen molar-refractivity contribution in [3.8, 4) is 0 Å². The molecule has 0 saturated heterocycles. The number of benzene rings is 1. The number of hydrogen-bond donors (Lipinski definition) is 1. The number of ether oxygens (including phenoxy) is 1. The summed E-state index contributed by atoms with van der Waals surface area (Å²) in [4.78, 5) is 2.64.